The summed E-state index contributed by atoms with van der Waals surface area (Å²) in [7, 11) is 3.76. The molecule has 0 radical (unpaired) electrons. The fourth-order valence-corrected chi connectivity index (χ4v) is 2.51. The number of hydrogen-bond acceptors (Lipinski definition) is 8. The highest BCUT2D eigenvalue weighted by Gasteiger charge is 2.17. The van der Waals surface area contributed by atoms with Crippen molar-refractivity contribution in [3.8, 4) is 0 Å². The molecular weight excluding hydrogens is 252 g/mol. The zero-order valence-electron chi connectivity index (χ0n) is 10.6. The lowest BCUT2D eigenvalue weighted by Crippen LogP contribution is -2.18. The maximum absolute atomic E-state index is 5.57. The van der Waals surface area contributed by atoms with Crippen LogP contribution >= 0.6 is 11.8 Å². The second kappa shape index (κ2) is 6.17. The monoisotopic (exact) mass is 270 g/mol. The Morgan fingerprint density at radius 1 is 1.44 bits per heavy atom. The van der Waals surface area contributed by atoms with Gasteiger partial charge in [-0.3, -0.25) is 5.43 Å². The molecule has 8 heteroatoms. The van der Waals surface area contributed by atoms with Crippen LogP contribution in [0.4, 0.5) is 11.9 Å². The van der Waals surface area contributed by atoms with Crippen molar-refractivity contribution in [3.63, 3.8) is 0 Å². The number of nitrogen functional groups attached to an aromatic ring is 1. The van der Waals surface area contributed by atoms with Crippen molar-refractivity contribution in [2.24, 2.45) is 5.84 Å². The van der Waals surface area contributed by atoms with Gasteiger partial charge in [0.1, 0.15) is 0 Å². The van der Waals surface area contributed by atoms with Crippen LogP contribution in [0.2, 0.25) is 0 Å². The van der Waals surface area contributed by atoms with Crippen LogP contribution in [0.5, 0.6) is 0 Å². The molecule has 2 heterocycles. The average Bonchev–Trinajstić information content (AvgIpc) is 2.89. The summed E-state index contributed by atoms with van der Waals surface area (Å²) < 4.78 is 5.57. The Labute approximate surface area is 110 Å². The Morgan fingerprint density at radius 3 is 2.89 bits per heavy atom. The minimum absolute atomic E-state index is 0.309. The number of nitrogens with two attached hydrogens (primary N) is 1. The highest BCUT2D eigenvalue weighted by Crippen LogP contribution is 2.22. The highest BCUT2D eigenvalue weighted by molar-refractivity contribution is 7.99. The molecule has 0 aromatic carbocycles. The van der Waals surface area contributed by atoms with Crippen LogP contribution < -0.4 is 16.2 Å². The molecular formula is C10H18N6OS. The van der Waals surface area contributed by atoms with Gasteiger partial charge in [-0.15, -0.1) is 0 Å². The van der Waals surface area contributed by atoms with E-state index in [0.29, 0.717) is 23.2 Å². The summed E-state index contributed by atoms with van der Waals surface area (Å²) in [6.45, 7) is 0.862. The van der Waals surface area contributed by atoms with Crippen LogP contribution in [0.3, 0.4) is 0 Å². The summed E-state index contributed by atoms with van der Waals surface area (Å²) in [5.41, 5.74) is 2.46. The van der Waals surface area contributed by atoms with E-state index in [0.717, 1.165) is 25.2 Å². The maximum Gasteiger partial charge on any atom is 0.242 e. The molecule has 1 aliphatic rings. The highest BCUT2D eigenvalue weighted by atomic mass is 32.2. The molecule has 1 fully saturated rings. The number of ether oxygens (including phenoxy) is 1. The molecule has 0 amide bonds. The van der Waals surface area contributed by atoms with Crippen LogP contribution in [-0.2, 0) is 4.74 Å². The molecule has 0 bridgehead atoms. The van der Waals surface area contributed by atoms with E-state index >= 15 is 0 Å². The molecule has 3 N–H and O–H groups in total. The van der Waals surface area contributed by atoms with Crippen LogP contribution in [0.1, 0.15) is 12.8 Å². The zero-order chi connectivity index (χ0) is 13.0. The molecule has 1 unspecified atom stereocenters. The molecule has 1 aromatic heterocycles. The van der Waals surface area contributed by atoms with Gasteiger partial charge in [-0.1, -0.05) is 11.8 Å². The lowest BCUT2D eigenvalue weighted by molar-refractivity contribution is 0.129. The van der Waals surface area contributed by atoms with Crippen LogP contribution in [0.25, 0.3) is 0 Å². The van der Waals surface area contributed by atoms with E-state index in [1.54, 1.807) is 11.8 Å². The fourth-order valence-electron chi connectivity index (χ4n) is 1.62. The van der Waals surface area contributed by atoms with E-state index in [1.807, 2.05) is 19.0 Å². The molecule has 1 atom stereocenters. The predicted molar refractivity (Wildman–Crippen MR) is 71.7 cm³/mol. The Bertz CT molecular complexity index is 396. The Balaban J connectivity index is 2.03. The molecule has 100 valence electrons. The Morgan fingerprint density at radius 2 is 2.28 bits per heavy atom. The van der Waals surface area contributed by atoms with Crippen molar-refractivity contribution in [2.45, 2.75) is 24.1 Å². The van der Waals surface area contributed by atoms with Gasteiger partial charge in [0.25, 0.3) is 0 Å². The van der Waals surface area contributed by atoms with E-state index in [4.69, 9.17) is 10.6 Å². The summed E-state index contributed by atoms with van der Waals surface area (Å²) in [5, 5.41) is 0.664. The van der Waals surface area contributed by atoms with Gasteiger partial charge in [0.15, 0.2) is 5.16 Å². The van der Waals surface area contributed by atoms with Crippen LogP contribution in [0.15, 0.2) is 5.16 Å². The van der Waals surface area contributed by atoms with Gasteiger partial charge in [-0.25, -0.2) is 5.84 Å². The van der Waals surface area contributed by atoms with E-state index in [9.17, 15) is 0 Å². The van der Waals surface area contributed by atoms with Crippen LogP contribution in [0, 0.1) is 0 Å². The number of nitrogens with one attached hydrogen (secondary N) is 1. The number of aromatic nitrogens is 3. The largest absolute Gasteiger partial charge is 0.377 e. The second-order valence-corrected chi connectivity index (χ2v) is 5.21. The third-order valence-corrected chi connectivity index (χ3v) is 3.53. The third-order valence-electron chi connectivity index (χ3n) is 2.55. The standard InChI is InChI=1S/C10H18N6OS/c1-16(2)9-12-8(15-11)13-10(14-9)18-6-7-4-3-5-17-7/h7H,3-6,11H2,1-2H3,(H,12,13,14,15). The minimum Gasteiger partial charge on any atom is -0.377 e. The van der Waals surface area contributed by atoms with Gasteiger partial charge in [0, 0.05) is 26.5 Å². The first-order valence-corrected chi connectivity index (χ1v) is 6.82. The first-order chi connectivity index (χ1) is 8.69. The quantitative estimate of drug-likeness (QED) is 0.454. The maximum atomic E-state index is 5.57. The van der Waals surface area contributed by atoms with Crippen molar-refractivity contribution in [1.82, 2.24) is 15.0 Å². The van der Waals surface area contributed by atoms with E-state index < -0.39 is 0 Å². The average molecular weight is 270 g/mol. The fraction of sp³-hybridized carbons (Fsp3) is 0.700. The van der Waals surface area contributed by atoms with Gasteiger partial charge in [-0.05, 0) is 12.8 Å². The first-order valence-electron chi connectivity index (χ1n) is 5.83. The molecule has 2 rings (SSSR count). The van der Waals surface area contributed by atoms with E-state index in [2.05, 4.69) is 20.4 Å². The van der Waals surface area contributed by atoms with E-state index in [1.165, 1.54) is 0 Å². The topological polar surface area (TPSA) is 89.2 Å². The SMILES string of the molecule is CN(C)c1nc(NN)nc(SCC2CCCO2)n1. The normalized spacial score (nSPS) is 18.9. The minimum atomic E-state index is 0.309. The number of nitrogens with zero attached hydrogens (tertiary/aromatic N) is 4. The molecule has 0 spiro atoms. The lowest BCUT2D eigenvalue weighted by atomic mass is 10.3. The Kier molecular flexibility index (Phi) is 4.56. The molecule has 0 aliphatic carbocycles. The zero-order valence-corrected chi connectivity index (χ0v) is 11.4. The number of rotatable bonds is 5. The van der Waals surface area contributed by atoms with Gasteiger partial charge in [0.2, 0.25) is 11.9 Å². The van der Waals surface area contributed by atoms with Crippen molar-refractivity contribution < 1.29 is 4.74 Å². The lowest BCUT2D eigenvalue weighted by Gasteiger charge is -2.13. The van der Waals surface area contributed by atoms with Gasteiger partial charge in [0.05, 0.1) is 6.10 Å². The smallest absolute Gasteiger partial charge is 0.242 e. The molecule has 1 aromatic rings. The first kappa shape index (κ1) is 13.3. The van der Waals surface area contributed by atoms with Crippen molar-refractivity contribution in [1.29, 1.82) is 0 Å². The van der Waals surface area contributed by atoms with Gasteiger partial charge >= 0.3 is 0 Å². The number of hydrazine groups is 1. The number of thioether (sulfide) groups is 1. The Hall–Kier alpha value is -1.12. The summed E-state index contributed by atoms with van der Waals surface area (Å²) in [6.07, 6.45) is 2.56. The molecule has 1 saturated heterocycles. The predicted octanol–water partition coefficient (Wildman–Crippen LogP) is 0.494. The summed E-state index contributed by atoms with van der Waals surface area (Å²) in [6, 6.07) is 0. The summed E-state index contributed by atoms with van der Waals surface area (Å²) >= 11 is 1.57. The van der Waals surface area contributed by atoms with Crippen molar-refractivity contribution in [3.05, 3.63) is 0 Å². The van der Waals surface area contributed by atoms with Gasteiger partial charge < -0.3 is 9.64 Å². The van der Waals surface area contributed by atoms with Crippen molar-refractivity contribution in [2.75, 3.05) is 36.8 Å². The summed E-state index contributed by atoms with van der Waals surface area (Å²) in [5.74, 6) is 7.18. The number of anilines is 2. The van der Waals surface area contributed by atoms with E-state index in [-0.39, 0.29) is 0 Å². The van der Waals surface area contributed by atoms with Gasteiger partial charge in [-0.2, -0.15) is 15.0 Å². The molecule has 7 nitrogen and oxygen atoms in total. The summed E-state index contributed by atoms with van der Waals surface area (Å²) in [4.78, 5) is 14.5. The molecule has 1 aliphatic heterocycles. The molecule has 0 saturated carbocycles. The van der Waals surface area contributed by atoms with Crippen LogP contribution in [-0.4, -0.2) is 47.5 Å². The second-order valence-electron chi connectivity index (χ2n) is 4.23. The van der Waals surface area contributed by atoms with Crippen molar-refractivity contribution >= 4 is 23.7 Å². The molecule has 18 heavy (non-hydrogen) atoms. The third kappa shape index (κ3) is 3.44. The number of hydrogen-bond donors (Lipinski definition) is 2.